The van der Waals surface area contributed by atoms with E-state index >= 15 is 0 Å². The summed E-state index contributed by atoms with van der Waals surface area (Å²) in [5, 5.41) is 4.78. The number of nitrogens with one attached hydrogen (secondary N) is 1. The number of carbonyl (C=O) groups excluding carboxylic acids is 2. The quantitative estimate of drug-likeness (QED) is 0.842. The highest BCUT2D eigenvalue weighted by Gasteiger charge is 2.25. The van der Waals surface area contributed by atoms with E-state index in [0.717, 1.165) is 4.88 Å². The molecule has 2 aromatic rings. The highest BCUT2D eigenvalue weighted by atomic mass is 32.1. The average molecular weight is 347 g/mol. The number of hydrogen-bond donors (Lipinski definition) is 1. The third-order valence-electron chi connectivity index (χ3n) is 3.60. The summed E-state index contributed by atoms with van der Waals surface area (Å²) in [6, 6.07) is 8.47. The molecule has 1 amide bonds. The van der Waals surface area contributed by atoms with Crippen molar-refractivity contribution < 1.29 is 23.8 Å². The van der Waals surface area contributed by atoms with Gasteiger partial charge in [-0.25, -0.2) is 0 Å². The Kier molecular flexibility index (Phi) is 5.00. The fourth-order valence-corrected chi connectivity index (χ4v) is 3.23. The Morgan fingerprint density at radius 3 is 2.83 bits per heavy atom. The lowest BCUT2D eigenvalue weighted by Crippen LogP contribution is -2.31. The molecular formula is C17H17NO5S. The molecule has 3 rings (SSSR count). The molecular weight excluding hydrogens is 330 g/mol. The highest BCUT2D eigenvalue weighted by molar-refractivity contribution is 7.10. The van der Waals surface area contributed by atoms with Gasteiger partial charge in [0.05, 0.1) is 25.1 Å². The summed E-state index contributed by atoms with van der Waals surface area (Å²) in [5.41, 5.74) is 0.388. The van der Waals surface area contributed by atoms with Crippen LogP contribution in [0, 0.1) is 0 Å². The topological polar surface area (TPSA) is 73.9 Å². The van der Waals surface area contributed by atoms with E-state index in [1.807, 2.05) is 17.5 Å². The predicted molar refractivity (Wildman–Crippen MR) is 88.6 cm³/mol. The zero-order valence-corrected chi connectivity index (χ0v) is 13.9. The van der Waals surface area contributed by atoms with Gasteiger partial charge in [0.2, 0.25) is 0 Å². The maximum atomic E-state index is 12.7. The van der Waals surface area contributed by atoms with Crippen LogP contribution in [-0.2, 0) is 9.53 Å². The fourth-order valence-electron chi connectivity index (χ4n) is 2.45. The normalized spacial score (nSPS) is 13.9. The number of benzene rings is 1. The molecule has 2 heterocycles. The minimum atomic E-state index is -0.453. The van der Waals surface area contributed by atoms with Gasteiger partial charge in [-0.3, -0.25) is 9.59 Å². The van der Waals surface area contributed by atoms with Crippen LogP contribution in [0.2, 0.25) is 0 Å². The number of carbonyl (C=O) groups is 2. The lowest BCUT2D eigenvalue weighted by atomic mass is 10.1. The molecule has 0 saturated heterocycles. The van der Waals surface area contributed by atoms with Crippen LogP contribution < -0.4 is 14.8 Å². The highest BCUT2D eigenvalue weighted by Crippen LogP contribution is 2.34. The van der Waals surface area contributed by atoms with Crippen molar-refractivity contribution in [2.75, 3.05) is 20.3 Å². The van der Waals surface area contributed by atoms with Gasteiger partial charge in [-0.1, -0.05) is 12.1 Å². The monoisotopic (exact) mass is 347 g/mol. The molecule has 0 spiro atoms. The van der Waals surface area contributed by atoms with Gasteiger partial charge in [-0.05, 0) is 23.6 Å². The van der Waals surface area contributed by atoms with E-state index in [4.69, 9.17) is 14.2 Å². The third-order valence-corrected chi connectivity index (χ3v) is 4.59. The van der Waals surface area contributed by atoms with E-state index < -0.39 is 6.04 Å². The zero-order valence-electron chi connectivity index (χ0n) is 13.1. The predicted octanol–water partition coefficient (Wildman–Crippen LogP) is 2.55. The number of fused-ring (bicyclic) bond motifs is 1. The second kappa shape index (κ2) is 7.35. The molecule has 1 aromatic heterocycles. The first kappa shape index (κ1) is 16.3. The first-order chi connectivity index (χ1) is 11.7. The summed E-state index contributed by atoms with van der Waals surface area (Å²) in [7, 11) is 1.33. The molecule has 1 N–H and O–H groups in total. The molecule has 1 aliphatic heterocycles. The number of thiophene rings is 1. The van der Waals surface area contributed by atoms with Gasteiger partial charge in [0.25, 0.3) is 5.91 Å². The number of amides is 1. The van der Waals surface area contributed by atoms with Crippen LogP contribution in [0.3, 0.4) is 0 Å². The zero-order chi connectivity index (χ0) is 16.9. The summed E-state index contributed by atoms with van der Waals surface area (Å²) in [4.78, 5) is 25.2. The molecule has 0 bridgehead atoms. The summed E-state index contributed by atoms with van der Waals surface area (Å²) >= 11 is 1.47. The number of para-hydroxylation sites is 1. The Balaban J connectivity index is 1.82. The lowest BCUT2D eigenvalue weighted by Gasteiger charge is -2.22. The van der Waals surface area contributed by atoms with Crippen LogP contribution >= 0.6 is 11.3 Å². The molecule has 6 nitrogen and oxygen atoms in total. The van der Waals surface area contributed by atoms with E-state index in [-0.39, 0.29) is 18.3 Å². The molecule has 7 heteroatoms. The van der Waals surface area contributed by atoms with Gasteiger partial charge in [-0.2, -0.15) is 0 Å². The fraction of sp³-hybridized carbons (Fsp3) is 0.294. The summed E-state index contributed by atoms with van der Waals surface area (Å²) in [6.45, 7) is 0.853. The van der Waals surface area contributed by atoms with Gasteiger partial charge in [-0.15, -0.1) is 11.3 Å². The molecule has 0 saturated carbocycles. The Hall–Kier alpha value is -2.54. The second-order valence-corrected chi connectivity index (χ2v) is 6.13. The van der Waals surface area contributed by atoms with Crippen LogP contribution in [0.25, 0.3) is 0 Å². The largest absolute Gasteiger partial charge is 0.486 e. The Labute approximate surface area is 143 Å². The Bertz CT molecular complexity index is 729. The van der Waals surface area contributed by atoms with E-state index in [1.165, 1.54) is 18.4 Å². The molecule has 0 radical (unpaired) electrons. The first-order valence-electron chi connectivity index (χ1n) is 7.48. The Morgan fingerprint density at radius 2 is 2.08 bits per heavy atom. The van der Waals surface area contributed by atoms with Crippen LogP contribution in [0.4, 0.5) is 0 Å². The Morgan fingerprint density at radius 1 is 1.25 bits per heavy atom. The third kappa shape index (κ3) is 3.51. The van der Waals surface area contributed by atoms with Crippen molar-refractivity contribution in [3.05, 3.63) is 46.2 Å². The van der Waals surface area contributed by atoms with E-state index in [1.54, 1.807) is 18.2 Å². The van der Waals surface area contributed by atoms with Gasteiger partial charge in [0.1, 0.15) is 13.2 Å². The van der Waals surface area contributed by atoms with Crippen molar-refractivity contribution >= 4 is 23.2 Å². The maximum absolute atomic E-state index is 12.7. The van der Waals surface area contributed by atoms with Crippen molar-refractivity contribution in [2.24, 2.45) is 0 Å². The lowest BCUT2D eigenvalue weighted by molar-refractivity contribution is -0.141. The average Bonchev–Trinajstić information content (AvgIpc) is 3.15. The molecule has 0 unspecified atom stereocenters. The number of ether oxygens (including phenoxy) is 3. The van der Waals surface area contributed by atoms with E-state index in [0.29, 0.717) is 30.3 Å². The molecule has 0 fully saturated rings. The number of hydrogen-bond acceptors (Lipinski definition) is 6. The van der Waals surface area contributed by atoms with Gasteiger partial charge >= 0.3 is 5.97 Å². The van der Waals surface area contributed by atoms with Crippen LogP contribution in [0.15, 0.2) is 35.7 Å². The number of methoxy groups -OCH3 is 1. The summed E-state index contributed by atoms with van der Waals surface area (Å²) in [5.74, 6) is 0.279. The first-order valence-corrected chi connectivity index (χ1v) is 8.36. The van der Waals surface area contributed by atoms with Crippen molar-refractivity contribution in [1.82, 2.24) is 5.32 Å². The van der Waals surface area contributed by atoms with Gasteiger partial charge in [0.15, 0.2) is 11.5 Å². The van der Waals surface area contributed by atoms with Crippen molar-refractivity contribution in [3.8, 4) is 11.5 Å². The minimum Gasteiger partial charge on any atom is -0.486 e. The van der Waals surface area contributed by atoms with Crippen molar-refractivity contribution in [1.29, 1.82) is 0 Å². The number of esters is 1. The standard InChI is InChI=1S/C17H17NO5S/c1-21-15(19)10-12(14-6-3-9-24-14)18-17(20)11-4-2-5-13-16(11)23-8-7-22-13/h2-6,9,12H,7-8,10H2,1H3,(H,18,20)/t12-/m0/s1. The maximum Gasteiger partial charge on any atom is 0.307 e. The van der Waals surface area contributed by atoms with E-state index in [9.17, 15) is 9.59 Å². The SMILES string of the molecule is COC(=O)C[C@H](NC(=O)c1cccc2c1OCCO2)c1cccs1. The minimum absolute atomic E-state index is 0.0646. The summed E-state index contributed by atoms with van der Waals surface area (Å²) in [6.07, 6.45) is 0.0646. The second-order valence-electron chi connectivity index (χ2n) is 5.15. The van der Waals surface area contributed by atoms with Crippen LogP contribution in [0.1, 0.15) is 27.7 Å². The van der Waals surface area contributed by atoms with E-state index in [2.05, 4.69) is 5.32 Å². The van der Waals surface area contributed by atoms with Gasteiger partial charge < -0.3 is 19.5 Å². The van der Waals surface area contributed by atoms with Crippen molar-refractivity contribution in [3.63, 3.8) is 0 Å². The van der Waals surface area contributed by atoms with Crippen LogP contribution in [-0.4, -0.2) is 32.2 Å². The number of rotatable bonds is 5. The van der Waals surface area contributed by atoms with Crippen molar-refractivity contribution in [2.45, 2.75) is 12.5 Å². The molecule has 0 aliphatic carbocycles. The molecule has 1 aliphatic rings. The molecule has 1 aromatic carbocycles. The molecule has 126 valence electrons. The molecule has 24 heavy (non-hydrogen) atoms. The molecule has 1 atom stereocenters. The van der Waals surface area contributed by atoms with Gasteiger partial charge in [0, 0.05) is 4.88 Å². The van der Waals surface area contributed by atoms with Crippen LogP contribution in [0.5, 0.6) is 11.5 Å². The smallest absolute Gasteiger partial charge is 0.307 e. The summed E-state index contributed by atoms with van der Waals surface area (Å²) < 4.78 is 15.8.